The molecule has 1 aromatic carbocycles. The summed E-state index contributed by atoms with van der Waals surface area (Å²) in [5.74, 6) is 1.31. The lowest BCUT2D eigenvalue weighted by atomic mass is 9.80. The van der Waals surface area contributed by atoms with Crippen LogP contribution in [-0.2, 0) is 4.79 Å². The largest absolute Gasteiger partial charge is 0.496 e. The van der Waals surface area contributed by atoms with E-state index in [1.165, 1.54) is 11.1 Å². The molecule has 92 valence electrons. The van der Waals surface area contributed by atoms with Crippen LogP contribution in [0.15, 0.2) is 12.1 Å². The lowest BCUT2D eigenvalue weighted by Crippen LogP contribution is -2.18. The Bertz CT molecular complexity index is 435. The Morgan fingerprint density at radius 1 is 1.24 bits per heavy atom. The van der Waals surface area contributed by atoms with Crippen molar-refractivity contribution in [2.24, 2.45) is 0 Å². The Kier molecular flexibility index (Phi) is 3.51. The van der Waals surface area contributed by atoms with E-state index in [0.29, 0.717) is 5.78 Å². The van der Waals surface area contributed by atoms with Gasteiger partial charge in [0.25, 0.3) is 0 Å². The molecule has 1 aromatic rings. The van der Waals surface area contributed by atoms with Crippen molar-refractivity contribution in [3.8, 4) is 5.75 Å². The molecular weight excluding hydrogens is 212 g/mol. The minimum atomic E-state index is 0.0549. The van der Waals surface area contributed by atoms with Crippen LogP contribution < -0.4 is 4.74 Å². The number of aryl methyl sites for hydroxylation is 2. The van der Waals surface area contributed by atoms with Gasteiger partial charge >= 0.3 is 0 Å². The van der Waals surface area contributed by atoms with Gasteiger partial charge in [0.2, 0.25) is 0 Å². The van der Waals surface area contributed by atoms with Crippen molar-refractivity contribution in [2.45, 2.75) is 45.4 Å². The molecule has 2 nitrogen and oxygen atoms in total. The van der Waals surface area contributed by atoms with Crippen molar-refractivity contribution < 1.29 is 9.53 Å². The smallest absolute Gasteiger partial charge is 0.140 e. The van der Waals surface area contributed by atoms with Crippen LogP contribution in [0.2, 0.25) is 0 Å². The molecule has 17 heavy (non-hydrogen) atoms. The molecule has 2 rings (SSSR count). The lowest BCUT2D eigenvalue weighted by molar-refractivity contribution is -0.121. The SMILES string of the molecule is COc1cc(C)cc(C)c1C1CCCCC1=O. The molecule has 1 aliphatic carbocycles. The van der Waals surface area contributed by atoms with Crippen LogP contribution in [0.1, 0.15) is 48.3 Å². The minimum absolute atomic E-state index is 0.0549. The zero-order valence-corrected chi connectivity index (χ0v) is 10.9. The normalized spacial score (nSPS) is 20.4. The number of ether oxygens (including phenoxy) is 1. The fraction of sp³-hybridized carbons (Fsp3) is 0.533. The van der Waals surface area contributed by atoms with Crippen molar-refractivity contribution in [3.63, 3.8) is 0 Å². The number of Topliss-reactive ketones (excluding diaryl/α,β-unsaturated/α-hetero) is 1. The van der Waals surface area contributed by atoms with Crippen LogP contribution in [0.4, 0.5) is 0 Å². The van der Waals surface area contributed by atoms with E-state index < -0.39 is 0 Å². The zero-order chi connectivity index (χ0) is 12.4. The van der Waals surface area contributed by atoms with Gasteiger partial charge in [-0.1, -0.05) is 12.5 Å². The van der Waals surface area contributed by atoms with Gasteiger partial charge < -0.3 is 4.74 Å². The topological polar surface area (TPSA) is 26.3 Å². The van der Waals surface area contributed by atoms with Crippen LogP contribution in [0.3, 0.4) is 0 Å². The van der Waals surface area contributed by atoms with Crippen LogP contribution in [0, 0.1) is 13.8 Å². The second-order valence-electron chi connectivity index (χ2n) is 4.96. The van der Waals surface area contributed by atoms with Gasteiger partial charge in [0, 0.05) is 17.9 Å². The lowest BCUT2D eigenvalue weighted by Gasteiger charge is -2.24. The van der Waals surface area contributed by atoms with Gasteiger partial charge in [-0.2, -0.15) is 0 Å². The summed E-state index contributed by atoms with van der Waals surface area (Å²) in [6, 6.07) is 4.17. The van der Waals surface area contributed by atoms with Crippen LogP contribution in [-0.4, -0.2) is 12.9 Å². The predicted molar refractivity (Wildman–Crippen MR) is 68.7 cm³/mol. The van der Waals surface area contributed by atoms with Crippen LogP contribution in [0.25, 0.3) is 0 Å². The highest BCUT2D eigenvalue weighted by atomic mass is 16.5. The fourth-order valence-electron chi connectivity index (χ4n) is 2.84. The zero-order valence-electron chi connectivity index (χ0n) is 10.9. The van der Waals surface area contributed by atoms with Gasteiger partial charge in [0.15, 0.2) is 0 Å². The van der Waals surface area contributed by atoms with Crippen molar-refractivity contribution in [3.05, 3.63) is 28.8 Å². The van der Waals surface area contributed by atoms with E-state index in [9.17, 15) is 4.79 Å². The third-order valence-electron chi connectivity index (χ3n) is 3.62. The molecule has 1 unspecified atom stereocenters. The summed E-state index contributed by atoms with van der Waals surface area (Å²) >= 11 is 0. The average Bonchev–Trinajstić information content (AvgIpc) is 2.29. The quantitative estimate of drug-likeness (QED) is 0.779. The van der Waals surface area contributed by atoms with Gasteiger partial charge in [-0.25, -0.2) is 0 Å². The average molecular weight is 232 g/mol. The molecule has 0 bridgehead atoms. The van der Waals surface area contributed by atoms with E-state index in [1.54, 1.807) is 7.11 Å². The monoisotopic (exact) mass is 232 g/mol. The second kappa shape index (κ2) is 4.91. The summed E-state index contributed by atoms with van der Waals surface area (Å²) < 4.78 is 5.46. The molecule has 1 fully saturated rings. The molecule has 0 heterocycles. The van der Waals surface area contributed by atoms with Gasteiger partial charge in [-0.05, 0) is 43.9 Å². The summed E-state index contributed by atoms with van der Waals surface area (Å²) in [6.07, 6.45) is 3.88. The van der Waals surface area contributed by atoms with Gasteiger partial charge in [-0.3, -0.25) is 4.79 Å². The maximum atomic E-state index is 12.0. The number of methoxy groups -OCH3 is 1. The number of carbonyl (C=O) groups is 1. The fourth-order valence-corrected chi connectivity index (χ4v) is 2.84. The molecule has 1 saturated carbocycles. The highest BCUT2D eigenvalue weighted by Gasteiger charge is 2.27. The highest BCUT2D eigenvalue weighted by Crippen LogP contribution is 2.37. The van der Waals surface area contributed by atoms with Crippen LogP contribution in [0.5, 0.6) is 5.75 Å². The summed E-state index contributed by atoms with van der Waals surface area (Å²) in [7, 11) is 1.69. The summed E-state index contributed by atoms with van der Waals surface area (Å²) in [4.78, 5) is 12.0. The molecule has 0 spiro atoms. The first-order chi connectivity index (χ1) is 8.13. The maximum absolute atomic E-state index is 12.0. The number of rotatable bonds is 2. The third kappa shape index (κ3) is 2.36. The number of ketones is 1. The van der Waals surface area contributed by atoms with E-state index >= 15 is 0 Å². The van der Waals surface area contributed by atoms with Gasteiger partial charge in [0.1, 0.15) is 11.5 Å². The molecule has 0 saturated heterocycles. The number of hydrogen-bond donors (Lipinski definition) is 0. The van der Waals surface area contributed by atoms with E-state index in [-0.39, 0.29) is 5.92 Å². The molecule has 0 aliphatic heterocycles. The Morgan fingerprint density at radius 3 is 2.65 bits per heavy atom. The Hall–Kier alpha value is -1.31. The van der Waals surface area contributed by atoms with Crippen molar-refractivity contribution in [1.82, 2.24) is 0 Å². The summed E-state index contributed by atoms with van der Waals surface area (Å²) in [5.41, 5.74) is 3.48. The first-order valence-corrected chi connectivity index (χ1v) is 6.31. The molecule has 2 heteroatoms. The molecule has 1 atom stereocenters. The van der Waals surface area contributed by atoms with Crippen molar-refractivity contribution >= 4 is 5.78 Å². The number of carbonyl (C=O) groups excluding carboxylic acids is 1. The van der Waals surface area contributed by atoms with Crippen LogP contribution >= 0.6 is 0 Å². The highest BCUT2D eigenvalue weighted by molar-refractivity contribution is 5.87. The molecule has 0 radical (unpaired) electrons. The van der Waals surface area contributed by atoms with Crippen molar-refractivity contribution in [2.75, 3.05) is 7.11 Å². The molecule has 1 aliphatic rings. The molecule has 0 N–H and O–H groups in total. The molecular formula is C15H20O2. The molecule has 0 amide bonds. The number of hydrogen-bond acceptors (Lipinski definition) is 2. The summed E-state index contributed by atoms with van der Waals surface area (Å²) in [5, 5.41) is 0. The second-order valence-corrected chi connectivity index (χ2v) is 4.96. The van der Waals surface area contributed by atoms with E-state index in [4.69, 9.17) is 4.74 Å². The predicted octanol–water partition coefficient (Wildman–Crippen LogP) is 3.54. The maximum Gasteiger partial charge on any atom is 0.140 e. The van der Waals surface area contributed by atoms with E-state index in [2.05, 4.69) is 19.9 Å². The Balaban J connectivity index is 2.46. The minimum Gasteiger partial charge on any atom is -0.496 e. The van der Waals surface area contributed by atoms with E-state index in [1.807, 2.05) is 6.07 Å². The Morgan fingerprint density at radius 2 is 2.00 bits per heavy atom. The first kappa shape index (κ1) is 12.2. The molecule has 0 aromatic heterocycles. The first-order valence-electron chi connectivity index (χ1n) is 6.31. The van der Waals surface area contributed by atoms with Gasteiger partial charge in [-0.15, -0.1) is 0 Å². The standard InChI is InChI=1S/C15H20O2/c1-10-8-11(2)15(14(9-10)17-3)12-6-4-5-7-13(12)16/h8-9,12H,4-7H2,1-3H3. The van der Waals surface area contributed by atoms with E-state index in [0.717, 1.165) is 37.0 Å². The third-order valence-corrected chi connectivity index (χ3v) is 3.62. The van der Waals surface area contributed by atoms with Crippen molar-refractivity contribution in [1.29, 1.82) is 0 Å². The number of benzene rings is 1. The van der Waals surface area contributed by atoms with Gasteiger partial charge in [0.05, 0.1) is 7.11 Å². The Labute approximate surface area is 103 Å². The summed E-state index contributed by atoms with van der Waals surface area (Å²) in [6.45, 7) is 4.13.